The molecule has 166 valence electrons. The fraction of sp³-hybridized carbons (Fsp3) is 0.381. The van der Waals surface area contributed by atoms with Crippen LogP contribution >= 0.6 is 11.1 Å². The van der Waals surface area contributed by atoms with Gasteiger partial charge in [0.15, 0.2) is 16.9 Å². The molecule has 2 atom stereocenters. The van der Waals surface area contributed by atoms with Crippen LogP contribution in [-0.2, 0) is 0 Å². The van der Waals surface area contributed by atoms with Gasteiger partial charge < -0.3 is 29.6 Å². The number of nitrogens with one attached hydrogen (secondary N) is 2. The number of rotatable bonds is 6. The predicted molar refractivity (Wildman–Crippen MR) is 119 cm³/mol. The highest BCUT2D eigenvalue weighted by molar-refractivity contribution is 7.14. The number of hydrogen-bond donors (Lipinski definition) is 3. The summed E-state index contributed by atoms with van der Waals surface area (Å²) >= 11 is -1.82. The third-order valence-electron chi connectivity index (χ3n) is 4.68. The maximum atomic E-state index is 12.3. The van der Waals surface area contributed by atoms with Crippen LogP contribution in [0.4, 0.5) is 17.3 Å². The van der Waals surface area contributed by atoms with E-state index in [2.05, 4.69) is 19.4 Å². The minimum Gasteiger partial charge on any atom is -0.546 e. The van der Waals surface area contributed by atoms with E-state index in [1.165, 1.54) is 11.0 Å². The molecule has 0 fully saturated rings. The Bertz CT molecular complexity index is 1080. The summed E-state index contributed by atoms with van der Waals surface area (Å²) in [5.74, 6) is 1.39. The van der Waals surface area contributed by atoms with Crippen LogP contribution in [0.5, 0.6) is 5.75 Å². The summed E-state index contributed by atoms with van der Waals surface area (Å²) in [7, 11) is 3.20. The molecule has 2 aromatic heterocycles. The van der Waals surface area contributed by atoms with Crippen molar-refractivity contribution in [3.05, 3.63) is 47.4 Å². The number of phenolic OH excluding ortho intramolecular Hbond substituents is 1. The van der Waals surface area contributed by atoms with Gasteiger partial charge in [0.1, 0.15) is 11.5 Å². The number of carbonyl (C=O) groups is 1. The highest BCUT2D eigenvalue weighted by Gasteiger charge is 2.32. The maximum Gasteiger partial charge on any atom is 0.257 e. The molecule has 0 aliphatic heterocycles. The number of aryl methyl sites for hydroxylation is 1. The van der Waals surface area contributed by atoms with E-state index < -0.39 is 11.1 Å². The second-order valence-electron chi connectivity index (χ2n) is 8.53. The van der Waals surface area contributed by atoms with Crippen molar-refractivity contribution in [2.75, 3.05) is 24.7 Å². The zero-order chi connectivity index (χ0) is 22.9. The molecule has 9 nitrogen and oxygen atoms in total. The molecule has 1 unspecified atom stereocenters. The van der Waals surface area contributed by atoms with Crippen LogP contribution in [0, 0.1) is 12.3 Å². The topological polar surface area (TPSA) is 127 Å². The van der Waals surface area contributed by atoms with E-state index in [-0.39, 0.29) is 46.0 Å². The molecule has 1 amide bonds. The number of aromatic hydroxyl groups is 1. The molecule has 3 aromatic rings. The van der Waals surface area contributed by atoms with Gasteiger partial charge in [-0.2, -0.15) is 0 Å². The van der Waals surface area contributed by atoms with Crippen LogP contribution in [0.2, 0.25) is 0 Å². The van der Waals surface area contributed by atoms with E-state index in [9.17, 15) is 14.5 Å². The largest absolute Gasteiger partial charge is 0.546 e. The summed E-state index contributed by atoms with van der Waals surface area (Å²) < 4.78 is 26.0. The van der Waals surface area contributed by atoms with Crippen molar-refractivity contribution in [3.63, 3.8) is 0 Å². The molecule has 0 aliphatic rings. The maximum absolute atomic E-state index is 12.3. The minimum absolute atomic E-state index is 0.139. The Hall–Kier alpha value is -3.11. The molecular formula is C21H27N5O4S. The standard InChI is InChI=1S/C21H27N5O4S/c1-12-10-11-15(30-12)17(21(2,3)4)23-19-18(24-31(29)25-19)22-14-9-7-8-13(16(14)27)20(28)26(5)6/h7-11,17,27H,1-6H3,(H,22,24)(H,23,25)/t17-,31?/m0/s1. The van der Waals surface area contributed by atoms with Gasteiger partial charge in [0.05, 0.1) is 17.3 Å². The molecule has 2 heterocycles. The van der Waals surface area contributed by atoms with Gasteiger partial charge in [0.2, 0.25) is 11.6 Å². The second kappa shape index (κ2) is 8.56. The highest BCUT2D eigenvalue weighted by atomic mass is 32.2. The lowest BCUT2D eigenvalue weighted by molar-refractivity contribution is 0.0824. The molecule has 0 radical (unpaired) electrons. The first-order valence-corrected chi connectivity index (χ1v) is 10.8. The third kappa shape index (κ3) is 4.97. The quantitative estimate of drug-likeness (QED) is 0.375. The van der Waals surface area contributed by atoms with Crippen LogP contribution in [0.3, 0.4) is 0 Å². The van der Waals surface area contributed by atoms with Crippen molar-refractivity contribution in [1.82, 2.24) is 13.6 Å². The fourth-order valence-corrected chi connectivity index (χ4v) is 3.71. The Balaban J connectivity index is 1.94. The molecule has 1 aromatic carbocycles. The summed E-state index contributed by atoms with van der Waals surface area (Å²) in [6.45, 7) is 7.99. The van der Waals surface area contributed by atoms with E-state index in [4.69, 9.17) is 4.42 Å². The second-order valence-corrected chi connectivity index (χ2v) is 9.36. The molecule has 3 rings (SSSR count). The van der Waals surface area contributed by atoms with Gasteiger partial charge in [-0.25, -0.2) is 0 Å². The third-order valence-corrected chi connectivity index (χ3v) is 5.36. The molecule has 0 aliphatic carbocycles. The lowest BCUT2D eigenvalue weighted by atomic mass is 9.85. The van der Waals surface area contributed by atoms with E-state index in [0.29, 0.717) is 5.76 Å². The van der Waals surface area contributed by atoms with Gasteiger partial charge in [-0.05, 0) is 36.6 Å². The van der Waals surface area contributed by atoms with E-state index in [0.717, 1.165) is 5.76 Å². The zero-order valence-corrected chi connectivity index (χ0v) is 19.2. The van der Waals surface area contributed by atoms with Crippen molar-refractivity contribution in [2.24, 2.45) is 5.41 Å². The van der Waals surface area contributed by atoms with Gasteiger partial charge in [-0.15, -0.1) is 0 Å². The Morgan fingerprint density at radius 1 is 1.19 bits per heavy atom. The van der Waals surface area contributed by atoms with Gasteiger partial charge in [-0.1, -0.05) is 26.8 Å². The molecule has 0 saturated heterocycles. The Morgan fingerprint density at radius 3 is 2.45 bits per heavy atom. The van der Waals surface area contributed by atoms with Gasteiger partial charge in [0.25, 0.3) is 5.91 Å². The SMILES string of the molecule is Cc1ccc([C@H](Nc2n[s+]([O-])nc2Nc2cccc(C(=O)N(C)C)c2O)C(C)(C)C)o1. The van der Waals surface area contributed by atoms with Crippen molar-refractivity contribution >= 4 is 34.4 Å². The molecule has 0 bridgehead atoms. The number of furan rings is 1. The van der Waals surface area contributed by atoms with Gasteiger partial charge in [-0.3, -0.25) is 4.79 Å². The van der Waals surface area contributed by atoms with Crippen molar-refractivity contribution in [3.8, 4) is 5.75 Å². The predicted octanol–water partition coefficient (Wildman–Crippen LogP) is 4.46. The zero-order valence-electron chi connectivity index (χ0n) is 18.4. The van der Waals surface area contributed by atoms with Crippen LogP contribution in [0.15, 0.2) is 34.7 Å². The number of benzene rings is 1. The van der Waals surface area contributed by atoms with Crippen LogP contribution in [0.25, 0.3) is 0 Å². The normalized spacial score (nSPS) is 13.1. The van der Waals surface area contributed by atoms with E-state index in [1.54, 1.807) is 26.2 Å². The number of phenols is 1. The number of aromatic nitrogens is 2. The number of amides is 1. The molecule has 0 saturated carbocycles. The average Bonchev–Trinajstić information content (AvgIpc) is 3.24. The van der Waals surface area contributed by atoms with Crippen molar-refractivity contribution < 1.29 is 18.9 Å². The first-order chi connectivity index (χ1) is 14.5. The number of carbonyl (C=O) groups excluding carboxylic acids is 1. The monoisotopic (exact) mass is 445 g/mol. The van der Waals surface area contributed by atoms with Crippen LogP contribution < -0.4 is 10.6 Å². The number of anilines is 3. The molecule has 3 N–H and O–H groups in total. The van der Waals surface area contributed by atoms with Crippen molar-refractivity contribution in [1.29, 1.82) is 0 Å². The van der Waals surface area contributed by atoms with Crippen LogP contribution in [-0.4, -0.2) is 43.3 Å². The first kappa shape index (κ1) is 22.6. The summed E-state index contributed by atoms with van der Waals surface area (Å²) in [5, 5.41) is 16.8. The fourth-order valence-electron chi connectivity index (χ4n) is 3.08. The molecule has 0 spiro atoms. The van der Waals surface area contributed by atoms with E-state index >= 15 is 0 Å². The highest BCUT2D eigenvalue weighted by Crippen LogP contribution is 2.40. The number of nitrogens with zero attached hydrogens (tertiary/aromatic N) is 3. The average molecular weight is 446 g/mol. The molecule has 31 heavy (non-hydrogen) atoms. The summed E-state index contributed by atoms with van der Waals surface area (Å²) in [6, 6.07) is 8.25. The Morgan fingerprint density at radius 2 is 1.87 bits per heavy atom. The van der Waals surface area contributed by atoms with E-state index in [1.807, 2.05) is 39.8 Å². The summed E-state index contributed by atoms with van der Waals surface area (Å²) in [6.07, 6.45) is 0. The Labute approximate surface area is 184 Å². The summed E-state index contributed by atoms with van der Waals surface area (Å²) in [4.78, 5) is 13.7. The van der Waals surface area contributed by atoms with Gasteiger partial charge in [0, 0.05) is 22.8 Å². The summed E-state index contributed by atoms with van der Waals surface area (Å²) in [5.41, 5.74) is 0.128. The Kier molecular flexibility index (Phi) is 6.23. The lowest BCUT2D eigenvalue weighted by Gasteiger charge is -2.29. The minimum atomic E-state index is -1.82. The number of hydrogen-bond acceptors (Lipinski definition) is 8. The van der Waals surface area contributed by atoms with Crippen LogP contribution in [0.1, 0.15) is 48.7 Å². The van der Waals surface area contributed by atoms with Crippen molar-refractivity contribution in [2.45, 2.75) is 33.7 Å². The lowest BCUT2D eigenvalue weighted by Crippen LogP contribution is -2.26. The first-order valence-electron chi connectivity index (χ1n) is 9.70. The number of para-hydroxylation sites is 1. The molecule has 10 heteroatoms. The van der Waals surface area contributed by atoms with Gasteiger partial charge >= 0.3 is 0 Å². The smallest absolute Gasteiger partial charge is 0.257 e. The molecular weight excluding hydrogens is 418 g/mol.